The third kappa shape index (κ3) is 4.75. The normalized spacial score (nSPS) is 22.0. The molecule has 21 heavy (non-hydrogen) atoms. The van der Waals surface area contributed by atoms with Gasteiger partial charge in [-0.25, -0.2) is 0 Å². The number of nitrogens with zero attached hydrogens (tertiary/aromatic N) is 2. The average Bonchev–Trinajstić information content (AvgIpc) is 2.51. The molecule has 0 amide bonds. The van der Waals surface area contributed by atoms with Gasteiger partial charge in [-0.2, -0.15) is 5.26 Å². The average molecular weight is 286 g/mol. The van der Waals surface area contributed by atoms with E-state index in [0.717, 1.165) is 24.9 Å². The summed E-state index contributed by atoms with van der Waals surface area (Å²) >= 11 is 0. The van der Waals surface area contributed by atoms with Crippen molar-refractivity contribution in [2.45, 2.75) is 45.1 Å². The number of para-hydroxylation sites is 1. The minimum Gasteiger partial charge on any atom is -0.492 e. The van der Waals surface area contributed by atoms with Gasteiger partial charge in [0.05, 0.1) is 12.2 Å². The summed E-state index contributed by atoms with van der Waals surface area (Å²) in [5.41, 5.74) is 0.618. The second kappa shape index (κ2) is 8.05. The maximum absolute atomic E-state index is 9.02. The van der Waals surface area contributed by atoms with Gasteiger partial charge in [-0.1, -0.05) is 31.9 Å². The first-order chi connectivity index (χ1) is 10.2. The predicted molar refractivity (Wildman–Crippen MR) is 85.3 cm³/mol. The Morgan fingerprint density at radius 2 is 2.14 bits per heavy atom. The lowest BCUT2D eigenvalue weighted by atomic mass is 9.86. The van der Waals surface area contributed by atoms with Gasteiger partial charge in [-0.05, 0) is 44.4 Å². The third-order valence-electron chi connectivity index (χ3n) is 4.45. The molecule has 114 valence electrons. The Bertz CT molecular complexity index is 480. The van der Waals surface area contributed by atoms with Crippen molar-refractivity contribution < 1.29 is 4.74 Å². The molecule has 1 fully saturated rings. The zero-order chi connectivity index (χ0) is 15.1. The molecule has 1 aromatic carbocycles. The first-order valence-electron chi connectivity index (χ1n) is 8.03. The predicted octanol–water partition coefficient (Wildman–Crippen LogP) is 3.84. The Balaban J connectivity index is 1.71. The molecule has 0 aromatic heterocycles. The van der Waals surface area contributed by atoms with E-state index in [2.05, 4.69) is 24.9 Å². The molecule has 2 atom stereocenters. The minimum absolute atomic E-state index is 0.618. The second-order valence-corrected chi connectivity index (χ2v) is 6.22. The zero-order valence-electron chi connectivity index (χ0n) is 13.2. The van der Waals surface area contributed by atoms with Gasteiger partial charge in [0.1, 0.15) is 11.8 Å². The largest absolute Gasteiger partial charge is 0.492 e. The van der Waals surface area contributed by atoms with Crippen LogP contribution in [0.5, 0.6) is 5.75 Å². The summed E-state index contributed by atoms with van der Waals surface area (Å²) in [6.45, 7) is 4.10. The molecule has 2 unspecified atom stereocenters. The molecule has 3 heteroatoms. The summed E-state index contributed by atoms with van der Waals surface area (Å²) in [5.74, 6) is 1.57. The van der Waals surface area contributed by atoms with Crippen LogP contribution in [0.1, 0.15) is 44.6 Å². The van der Waals surface area contributed by atoms with Crippen molar-refractivity contribution in [2.24, 2.45) is 5.92 Å². The van der Waals surface area contributed by atoms with Crippen molar-refractivity contribution in [3.63, 3.8) is 0 Å². The van der Waals surface area contributed by atoms with E-state index in [9.17, 15) is 0 Å². The lowest BCUT2D eigenvalue weighted by Crippen LogP contribution is -2.36. The van der Waals surface area contributed by atoms with Crippen LogP contribution in [0.2, 0.25) is 0 Å². The fourth-order valence-electron chi connectivity index (χ4n) is 3.17. The Morgan fingerprint density at radius 1 is 1.33 bits per heavy atom. The number of rotatable bonds is 6. The first-order valence-corrected chi connectivity index (χ1v) is 8.03. The van der Waals surface area contributed by atoms with E-state index in [1.165, 1.54) is 25.7 Å². The second-order valence-electron chi connectivity index (χ2n) is 6.22. The highest BCUT2D eigenvalue weighted by Crippen LogP contribution is 2.26. The fourth-order valence-corrected chi connectivity index (χ4v) is 3.17. The summed E-state index contributed by atoms with van der Waals surface area (Å²) in [7, 11) is 2.23. The lowest BCUT2D eigenvalue weighted by Gasteiger charge is -2.34. The Kier molecular flexibility index (Phi) is 6.07. The molecule has 1 aliphatic carbocycles. The quantitative estimate of drug-likeness (QED) is 0.746. The van der Waals surface area contributed by atoms with Crippen LogP contribution in [-0.2, 0) is 0 Å². The van der Waals surface area contributed by atoms with E-state index in [0.29, 0.717) is 17.9 Å². The van der Waals surface area contributed by atoms with Crippen LogP contribution in [-0.4, -0.2) is 31.1 Å². The third-order valence-corrected chi connectivity index (χ3v) is 4.45. The summed E-state index contributed by atoms with van der Waals surface area (Å²) in [5, 5.41) is 9.02. The number of ether oxygens (including phenoxy) is 1. The van der Waals surface area contributed by atoms with Gasteiger partial charge in [-0.3, -0.25) is 0 Å². The maximum atomic E-state index is 9.02. The van der Waals surface area contributed by atoms with Gasteiger partial charge in [-0.15, -0.1) is 0 Å². The molecular formula is C18H26N2O. The van der Waals surface area contributed by atoms with E-state index in [1.807, 2.05) is 18.2 Å². The smallest absolute Gasteiger partial charge is 0.137 e. The van der Waals surface area contributed by atoms with Gasteiger partial charge < -0.3 is 9.64 Å². The summed E-state index contributed by atoms with van der Waals surface area (Å²) in [6.07, 6.45) is 6.41. The van der Waals surface area contributed by atoms with Gasteiger partial charge in [0.25, 0.3) is 0 Å². The van der Waals surface area contributed by atoms with Crippen molar-refractivity contribution in [2.75, 3.05) is 20.2 Å². The molecule has 1 aromatic rings. The van der Waals surface area contributed by atoms with Gasteiger partial charge >= 0.3 is 0 Å². The first kappa shape index (κ1) is 15.9. The molecule has 0 heterocycles. The maximum Gasteiger partial charge on any atom is 0.137 e. The highest BCUT2D eigenvalue weighted by atomic mass is 16.5. The minimum atomic E-state index is 0.618. The van der Waals surface area contributed by atoms with E-state index < -0.39 is 0 Å². The molecule has 1 aliphatic rings. The Hall–Kier alpha value is -1.53. The van der Waals surface area contributed by atoms with E-state index in [1.54, 1.807) is 6.07 Å². The molecule has 0 radical (unpaired) electrons. The number of benzene rings is 1. The topological polar surface area (TPSA) is 36.3 Å². The number of hydrogen-bond acceptors (Lipinski definition) is 3. The van der Waals surface area contributed by atoms with Crippen molar-refractivity contribution in [3.8, 4) is 11.8 Å². The molecular weight excluding hydrogens is 260 g/mol. The van der Waals surface area contributed by atoms with Crippen molar-refractivity contribution in [1.82, 2.24) is 4.90 Å². The summed E-state index contributed by atoms with van der Waals surface area (Å²) in [6, 6.07) is 10.3. The van der Waals surface area contributed by atoms with Crippen LogP contribution in [0.15, 0.2) is 24.3 Å². The van der Waals surface area contributed by atoms with Crippen LogP contribution in [0, 0.1) is 17.2 Å². The van der Waals surface area contributed by atoms with Gasteiger partial charge in [0.15, 0.2) is 0 Å². The van der Waals surface area contributed by atoms with E-state index in [4.69, 9.17) is 10.00 Å². The SMILES string of the molecule is CC1CCCC(N(C)CCCOc2ccccc2C#N)C1. The van der Waals surface area contributed by atoms with Crippen molar-refractivity contribution >= 4 is 0 Å². The van der Waals surface area contributed by atoms with Crippen LogP contribution in [0.25, 0.3) is 0 Å². The standard InChI is InChI=1S/C18H26N2O/c1-15-7-5-9-17(13-15)20(2)11-6-12-21-18-10-4-3-8-16(18)14-19/h3-4,8,10,15,17H,5-7,9,11-13H2,1-2H3. The molecule has 0 aliphatic heterocycles. The van der Waals surface area contributed by atoms with Crippen molar-refractivity contribution in [3.05, 3.63) is 29.8 Å². The molecule has 2 rings (SSSR count). The Labute approximate surface area is 128 Å². The number of nitriles is 1. The highest BCUT2D eigenvalue weighted by molar-refractivity contribution is 5.42. The lowest BCUT2D eigenvalue weighted by molar-refractivity contribution is 0.154. The van der Waals surface area contributed by atoms with E-state index in [-0.39, 0.29) is 0 Å². The zero-order valence-corrected chi connectivity index (χ0v) is 13.2. The molecule has 3 nitrogen and oxygen atoms in total. The molecule has 0 spiro atoms. The Morgan fingerprint density at radius 3 is 2.90 bits per heavy atom. The summed E-state index contributed by atoms with van der Waals surface area (Å²) in [4.78, 5) is 2.48. The van der Waals surface area contributed by atoms with Crippen LogP contribution in [0.3, 0.4) is 0 Å². The number of hydrogen-bond donors (Lipinski definition) is 0. The van der Waals surface area contributed by atoms with Crippen LogP contribution >= 0.6 is 0 Å². The van der Waals surface area contributed by atoms with Crippen LogP contribution < -0.4 is 4.74 Å². The van der Waals surface area contributed by atoms with Gasteiger partial charge in [0, 0.05) is 12.6 Å². The van der Waals surface area contributed by atoms with Crippen LogP contribution in [0.4, 0.5) is 0 Å². The van der Waals surface area contributed by atoms with Crippen molar-refractivity contribution in [1.29, 1.82) is 5.26 Å². The summed E-state index contributed by atoms with van der Waals surface area (Å²) < 4.78 is 5.74. The highest BCUT2D eigenvalue weighted by Gasteiger charge is 2.21. The monoisotopic (exact) mass is 286 g/mol. The van der Waals surface area contributed by atoms with Gasteiger partial charge in [0.2, 0.25) is 0 Å². The van der Waals surface area contributed by atoms with E-state index >= 15 is 0 Å². The molecule has 1 saturated carbocycles. The molecule has 0 saturated heterocycles. The molecule has 0 N–H and O–H groups in total. The molecule has 0 bridgehead atoms. The fraction of sp³-hybridized carbons (Fsp3) is 0.611.